The third kappa shape index (κ3) is 4.11. The summed E-state index contributed by atoms with van der Waals surface area (Å²) < 4.78 is 10.2. The fourth-order valence-electron chi connectivity index (χ4n) is 2.50. The first kappa shape index (κ1) is 15.8. The molecule has 5 nitrogen and oxygen atoms in total. The van der Waals surface area contributed by atoms with Gasteiger partial charge in [0, 0.05) is 6.54 Å². The minimum atomic E-state index is -0.555. The predicted octanol–water partition coefficient (Wildman–Crippen LogP) is 2.59. The molecule has 0 unspecified atom stereocenters. The van der Waals surface area contributed by atoms with E-state index in [1.807, 2.05) is 20.8 Å². The summed E-state index contributed by atoms with van der Waals surface area (Å²) in [4.78, 5) is 25.6. The maximum atomic E-state index is 12.1. The second kappa shape index (κ2) is 6.26. The standard InChI is InChI=1S/C14H25NO4/c1-6-7-10-8-9-15(11(10)12(16)18-5)13(17)19-14(2,3)4/h10-11H,6-9H2,1-5H3/t10-,11+/m1/s1. The van der Waals surface area contributed by atoms with Gasteiger partial charge in [-0.2, -0.15) is 0 Å². The molecule has 19 heavy (non-hydrogen) atoms. The zero-order valence-electron chi connectivity index (χ0n) is 12.6. The van der Waals surface area contributed by atoms with Crippen molar-refractivity contribution in [3.63, 3.8) is 0 Å². The number of ether oxygens (including phenoxy) is 2. The van der Waals surface area contributed by atoms with Gasteiger partial charge in [-0.3, -0.25) is 4.90 Å². The topological polar surface area (TPSA) is 55.8 Å². The van der Waals surface area contributed by atoms with Crippen LogP contribution in [0.25, 0.3) is 0 Å². The van der Waals surface area contributed by atoms with Crippen molar-refractivity contribution in [2.45, 2.75) is 58.6 Å². The summed E-state index contributed by atoms with van der Waals surface area (Å²) in [5.74, 6) is -0.174. The second-order valence-electron chi connectivity index (χ2n) is 5.98. The van der Waals surface area contributed by atoms with E-state index in [1.54, 1.807) is 0 Å². The van der Waals surface area contributed by atoms with E-state index in [4.69, 9.17) is 9.47 Å². The van der Waals surface area contributed by atoms with Gasteiger partial charge in [-0.1, -0.05) is 13.3 Å². The molecule has 0 aromatic rings. The van der Waals surface area contributed by atoms with Crippen molar-refractivity contribution in [3.05, 3.63) is 0 Å². The molecule has 0 saturated carbocycles. The van der Waals surface area contributed by atoms with E-state index >= 15 is 0 Å². The number of esters is 1. The SMILES string of the molecule is CCC[C@@H]1CCN(C(=O)OC(C)(C)C)[C@@H]1C(=O)OC. The van der Waals surface area contributed by atoms with Crippen LogP contribution in [0.5, 0.6) is 0 Å². The number of carbonyl (C=O) groups excluding carboxylic acids is 2. The van der Waals surface area contributed by atoms with Crippen molar-refractivity contribution < 1.29 is 19.1 Å². The van der Waals surface area contributed by atoms with Crippen LogP contribution in [0.1, 0.15) is 47.0 Å². The third-order valence-corrected chi connectivity index (χ3v) is 3.25. The first-order valence-corrected chi connectivity index (χ1v) is 6.87. The van der Waals surface area contributed by atoms with Gasteiger partial charge in [0.05, 0.1) is 7.11 Å². The molecule has 5 heteroatoms. The Morgan fingerprint density at radius 2 is 1.95 bits per heavy atom. The molecule has 0 aliphatic carbocycles. The highest BCUT2D eigenvalue weighted by molar-refractivity contribution is 5.82. The molecule has 0 aromatic heterocycles. The van der Waals surface area contributed by atoms with E-state index < -0.39 is 17.7 Å². The lowest BCUT2D eigenvalue weighted by molar-refractivity contribution is -0.147. The summed E-state index contributed by atoms with van der Waals surface area (Å²) in [6.45, 7) is 8.08. The first-order chi connectivity index (χ1) is 8.80. The van der Waals surface area contributed by atoms with E-state index in [0.29, 0.717) is 6.54 Å². The number of nitrogens with zero attached hydrogens (tertiary/aromatic N) is 1. The van der Waals surface area contributed by atoms with Crippen LogP contribution < -0.4 is 0 Å². The Morgan fingerprint density at radius 3 is 2.42 bits per heavy atom. The minimum Gasteiger partial charge on any atom is -0.467 e. The van der Waals surface area contributed by atoms with Crippen LogP contribution in [0, 0.1) is 5.92 Å². The van der Waals surface area contributed by atoms with E-state index in [1.165, 1.54) is 12.0 Å². The molecule has 1 amide bonds. The number of likely N-dealkylation sites (tertiary alicyclic amines) is 1. The van der Waals surface area contributed by atoms with Gasteiger partial charge in [0.25, 0.3) is 0 Å². The highest BCUT2D eigenvalue weighted by Crippen LogP contribution is 2.30. The van der Waals surface area contributed by atoms with Gasteiger partial charge in [-0.05, 0) is 39.5 Å². The Bertz CT molecular complexity index is 335. The van der Waals surface area contributed by atoms with E-state index in [-0.39, 0.29) is 11.9 Å². The van der Waals surface area contributed by atoms with Crippen LogP contribution in [0.3, 0.4) is 0 Å². The van der Waals surface area contributed by atoms with Crippen LogP contribution in [0.4, 0.5) is 4.79 Å². The summed E-state index contributed by atoms with van der Waals surface area (Å²) >= 11 is 0. The first-order valence-electron chi connectivity index (χ1n) is 6.87. The highest BCUT2D eigenvalue weighted by Gasteiger charge is 2.43. The molecular formula is C14H25NO4. The normalized spacial score (nSPS) is 23.3. The van der Waals surface area contributed by atoms with E-state index in [9.17, 15) is 9.59 Å². The molecule has 0 radical (unpaired) electrons. The monoisotopic (exact) mass is 271 g/mol. The molecule has 0 bridgehead atoms. The summed E-state index contributed by atoms with van der Waals surface area (Å²) in [5.41, 5.74) is -0.555. The van der Waals surface area contributed by atoms with Crippen molar-refractivity contribution >= 4 is 12.1 Å². The van der Waals surface area contributed by atoms with Gasteiger partial charge in [-0.25, -0.2) is 9.59 Å². The van der Waals surface area contributed by atoms with Gasteiger partial charge >= 0.3 is 12.1 Å². The molecule has 2 atom stereocenters. The maximum Gasteiger partial charge on any atom is 0.411 e. The number of rotatable bonds is 3. The quantitative estimate of drug-likeness (QED) is 0.740. The average Bonchev–Trinajstić information content (AvgIpc) is 2.70. The van der Waals surface area contributed by atoms with Crippen LogP contribution >= 0.6 is 0 Å². The third-order valence-electron chi connectivity index (χ3n) is 3.25. The number of methoxy groups -OCH3 is 1. The highest BCUT2D eigenvalue weighted by atomic mass is 16.6. The number of hydrogen-bond acceptors (Lipinski definition) is 4. The van der Waals surface area contributed by atoms with Crippen LogP contribution in [-0.4, -0.2) is 42.3 Å². The van der Waals surface area contributed by atoms with Crippen LogP contribution in [0.2, 0.25) is 0 Å². The maximum absolute atomic E-state index is 12.1. The molecule has 1 aliphatic heterocycles. The van der Waals surface area contributed by atoms with E-state index in [0.717, 1.165) is 19.3 Å². The molecule has 1 fully saturated rings. The Morgan fingerprint density at radius 1 is 1.32 bits per heavy atom. The lowest BCUT2D eigenvalue weighted by atomic mass is 9.95. The molecular weight excluding hydrogens is 246 g/mol. The van der Waals surface area contributed by atoms with Crippen molar-refractivity contribution in [2.75, 3.05) is 13.7 Å². The Hall–Kier alpha value is -1.26. The number of hydrogen-bond donors (Lipinski definition) is 0. The average molecular weight is 271 g/mol. The Balaban J connectivity index is 2.81. The summed E-state index contributed by atoms with van der Waals surface area (Å²) in [6, 6.07) is -0.500. The summed E-state index contributed by atoms with van der Waals surface area (Å²) in [7, 11) is 1.36. The van der Waals surface area contributed by atoms with Gasteiger partial charge in [0.1, 0.15) is 11.6 Å². The molecule has 1 rings (SSSR count). The fraction of sp³-hybridized carbons (Fsp3) is 0.857. The van der Waals surface area contributed by atoms with Crippen molar-refractivity contribution in [3.8, 4) is 0 Å². The van der Waals surface area contributed by atoms with Crippen molar-refractivity contribution in [1.29, 1.82) is 0 Å². The summed E-state index contributed by atoms with van der Waals surface area (Å²) in [5, 5.41) is 0. The zero-order valence-corrected chi connectivity index (χ0v) is 12.6. The van der Waals surface area contributed by atoms with Gasteiger partial charge in [0.2, 0.25) is 0 Å². The van der Waals surface area contributed by atoms with Crippen LogP contribution in [-0.2, 0) is 14.3 Å². The molecule has 1 heterocycles. The molecule has 1 saturated heterocycles. The zero-order chi connectivity index (χ0) is 14.6. The molecule has 110 valence electrons. The van der Waals surface area contributed by atoms with Gasteiger partial charge < -0.3 is 9.47 Å². The molecule has 0 aromatic carbocycles. The number of amides is 1. The lowest BCUT2D eigenvalue weighted by Gasteiger charge is -2.29. The molecule has 0 spiro atoms. The van der Waals surface area contributed by atoms with Gasteiger partial charge in [-0.15, -0.1) is 0 Å². The number of carbonyl (C=O) groups is 2. The fourth-order valence-corrected chi connectivity index (χ4v) is 2.50. The predicted molar refractivity (Wildman–Crippen MR) is 71.8 cm³/mol. The van der Waals surface area contributed by atoms with E-state index in [2.05, 4.69) is 6.92 Å². The van der Waals surface area contributed by atoms with Crippen molar-refractivity contribution in [2.24, 2.45) is 5.92 Å². The second-order valence-corrected chi connectivity index (χ2v) is 5.98. The molecule has 0 N–H and O–H groups in total. The summed E-state index contributed by atoms with van der Waals surface area (Å²) in [6.07, 6.45) is 2.30. The molecule has 1 aliphatic rings. The smallest absolute Gasteiger partial charge is 0.411 e. The Labute approximate surface area is 115 Å². The van der Waals surface area contributed by atoms with Gasteiger partial charge in [0.15, 0.2) is 0 Å². The van der Waals surface area contributed by atoms with Crippen LogP contribution in [0.15, 0.2) is 0 Å². The lowest BCUT2D eigenvalue weighted by Crippen LogP contribution is -2.46. The minimum absolute atomic E-state index is 0.171. The van der Waals surface area contributed by atoms with Crippen molar-refractivity contribution in [1.82, 2.24) is 4.90 Å². The largest absolute Gasteiger partial charge is 0.467 e. The Kier molecular flexibility index (Phi) is 5.20.